The monoisotopic (exact) mass is 481 g/mol. The maximum absolute atomic E-state index is 13.0. The van der Waals surface area contributed by atoms with Crippen molar-refractivity contribution in [2.45, 2.75) is 44.9 Å². The highest BCUT2D eigenvalue weighted by atomic mass is 16.6. The summed E-state index contributed by atoms with van der Waals surface area (Å²) in [5, 5.41) is 10.7. The Morgan fingerprint density at radius 2 is 1.71 bits per heavy atom. The van der Waals surface area contributed by atoms with E-state index < -0.39 is 4.92 Å². The summed E-state index contributed by atoms with van der Waals surface area (Å²) in [6.45, 7) is 2.35. The molecule has 4 rings (SSSR count). The number of ether oxygens (including phenoxy) is 1. The summed E-state index contributed by atoms with van der Waals surface area (Å²) in [5.41, 5.74) is 0.367. The highest BCUT2D eigenvalue weighted by molar-refractivity contribution is 5.94. The number of aromatic nitrogens is 2. The molecular formula is C25H31N5O5. The van der Waals surface area contributed by atoms with Gasteiger partial charge in [0.25, 0.3) is 5.91 Å². The Bertz CT molecular complexity index is 1030. The Labute approximate surface area is 204 Å². The van der Waals surface area contributed by atoms with Gasteiger partial charge in [0.15, 0.2) is 0 Å². The quantitative estimate of drug-likeness (QED) is 0.419. The van der Waals surface area contributed by atoms with E-state index in [-0.39, 0.29) is 29.7 Å². The minimum Gasteiger partial charge on any atom is -0.494 e. The van der Waals surface area contributed by atoms with Crippen LogP contribution in [-0.2, 0) is 11.2 Å². The molecule has 1 aliphatic carbocycles. The van der Waals surface area contributed by atoms with E-state index in [9.17, 15) is 19.7 Å². The molecule has 2 aromatic rings. The Morgan fingerprint density at radius 3 is 2.40 bits per heavy atom. The smallest absolute Gasteiger partial charge is 0.305 e. The summed E-state index contributed by atoms with van der Waals surface area (Å²) < 4.78 is 5.94. The molecule has 1 aromatic heterocycles. The topological polar surface area (TPSA) is 119 Å². The van der Waals surface area contributed by atoms with Gasteiger partial charge in [0, 0.05) is 31.7 Å². The molecule has 35 heavy (non-hydrogen) atoms. The third-order valence-corrected chi connectivity index (χ3v) is 6.73. The average molecular weight is 482 g/mol. The van der Waals surface area contributed by atoms with Crippen LogP contribution in [0.2, 0.25) is 0 Å². The highest BCUT2D eigenvalue weighted by Crippen LogP contribution is 2.26. The number of carbonyl (C=O) groups excluding carboxylic acids is 2. The van der Waals surface area contributed by atoms with Crippen LogP contribution in [0, 0.1) is 16.0 Å². The van der Waals surface area contributed by atoms with Crippen molar-refractivity contribution in [3.8, 4) is 5.75 Å². The highest BCUT2D eigenvalue weighted by Gasteiger charge is 2.26. The van der Waals surface area contributed by atoms with Crippen LogP contribution in [0.1, 0.15) is 54.7 Å². The van der Waals surface area contributed by atoms with Crippen molar-refractivity contribution in [1.29, 1.82) is 0 Å². The molecule has 1 aromatic carbocycles. The first-order valence-corrected chi connectivity index (χ1v) is 12.2. The molecule has 0 atom stereocenters. The molecule has 1 saturated carbocycles. The number of nitrogens with zero attached hydrogens (tertiary/aromatic N) is 5. The number of nitro groups is 1. The SMILES string of the molecule is O=C(Cc1ncc([N+](=O)[O-])cn1)N1CCN(C(=O)c2cccc(OCCC3CCCCC3)c2)CC1. The summed E-state index contributed by atoms with van der Waals surface area (Å²) in [6.07, 6.45) is 9.77. The van der Waals surface area contributed by atoms with E-state index in [2.05, 4.69) is 9.97 Å². The Hall–Kier alpha value is -3.56. The van der Waals surface area contributed by atoms with E-state index in [1.54, 1.807) is 21.9 Å². The van der Waals surface area contributed by atoms with Crippen molar-refractivity contribution < 1.29 is 19.2 Å². The lowest BCUT2D eigenvalue weighted by molar-refractivity contribution is -0.385. The lowest BCUT2D eigenvalue weighted by Crippen LogP contribution is -2.51. The van der Waals surface area contributed by atoms with Crippen LogP contribution in [0.25, 0.3) is 0 Å². The van der Waals surface area contributed by atoms with Gasteiger partial charge < -0.3 is 14.5 Å². The van der Waals surface area contributed by atoms with E-state index in [0.29, 0.717) is 44.1 Å². The zero-order valence-electron chi connectivity index (χ0n) is 19.8. The van der Waals surface area contributed by atoms with E-state index in [1.165, 1.54) is 32.1 Å². The van der Waals surface area contributed by atoms with Crippen molar-refractivity contribution in [3.63, 3.8) is 0 Å². The van der Waals surface area contributed by atoms with Gasteiger partial charge in [-0.15, -0.1) is 0 Å². The standard InChI is InChI=1S/C25H31N5O5/c31-24(16-23-26-17-21(18-27-23)30(33)34)28-10-12-29(13-11-28)25(32)20-7-4-8-22(15-20)35-14-9-19-5-2-1-3-6-19/h4,7-8,15,17-19H,1-3,5-6,9-14,16H2. The molecule has 2 amide bonds. The summed E-state index contributed by atoms with van der Waals surface area (Å²) >= 11 is 0. The second-order valence-electron chi connectivity index (χ2n) is 9.13. The fourth-order valence-corrected chi connectivity index (χ4v) is 4.66. The number of benzene rings is 1. The first-order valence-electron chi connectivity index (χ1n) is 12.2. The molecule has 0 unspecified atom stereocenters. The Kier molecular flexibility index (Phi) is 8.23. The molecule has 186 valence electrons. The number of carbonyl (C=O) groups is 2. The van der Waals surface area contributed by atoms with Gasteiger partial charge in [0.1, 0.15) is 24.0 Å². The maximum atomic E-state index is 13.0. The van der Waals surface area contributed by atoms with Crippen LogP contribution >= 0.6 is 0 Å². The first kappa shape index (κ1) is 24.6. The fourth-order valence-electron chi connectivity index (χ4n) is 4.66. The van der Waals surface area contributed by atoms with Crippen LogP contribution in [0.15, 0.2) is 36.7 Å². The predicted octanol–water partition coefficient (Wildman–Crippen LogP) is 3.26. The third-order valence-electron chi connectivity index (χ3n) is 6.73. The van der Waals surface area contributed by atoms with Crippen LogP contribution in [0.4, 0.5) is 5.69 Å². The molecule has 1 saturated heterocycles. The predicted molar refractivity (Wildman–Crippen MR) is 128 cm³/mol. The zero-order chi connectivity index (χ0) is 24.6. The van der Waals surface area contributed by atoms with Crippen molar-refractivity contribution in [2.75, 3.05) is 32.8 Å². The van der Waals surface area contributed by atoms with Crippen molar-refractivity contribution in [1.82, 2.24) is 19.8 Å². The number of hydrogen-bond acceptors (Lipinski definition) is 7. The van der Waals surface area contributed by atoms with Crippen molar-refractivity contribution >= 4 is 17.5 Å². The number of rotatable bonds is 8. The summed E-state index contributed by atoms with van der Waals surface area (Å²) in [5.74, 6) is 1.45. The molecular weight excluding hydrogens is 450 g/mol. The summed E-state index contributed by atoms with van der Waals surface area (Å²) in [4.78, 5) is 46.9. The molecule has 0 N–H and O–H groups in total. The molecule has 2 aliphatic rings. The van der Waals surface area contributed by atoms with E-state index in [1.807, 2.05) is 12.1 Å². The van der Waals surface area contributed by atoms with Gasteiger partial charge in [-0.25, -0.2) is 9.97 Å². The Morgan fingerprint density at radius 1 is 1.03 bits per heavy atom. The molecule has 2 heterocycles. The van der Waals surface area contributed by atoms with Crippen LogP contribution in [0.3, 0.4) is 0 Å². The van der Waals surface area contributed by atoms with Gasteiger partial charge in [-0.3, -0.25) is 19.7 Å². The normalized spacial score (nSPS) is 16.7. The van der Waals surface area contributed by atoms with Gasteiger partial charge in [0.05, 0.1) is 18.0 Å². The maximum Gasteiger partial charge on any atom is 0.305 e. The first-order chi connectivity index (χ1) is 17.0. The van der Waals surface area contributed by atoms with Gasteiger partial charge in [-0.05, 0) is 30.5 Å². The molecule has 2 fully saturated rings. The second kappa shape index (κ2) is 11.7. The van der Waals surface area contributed by atoms with E-state index in [0.717, 1.165) is 24.7 Å². The summed E-state index contributed by atoms with van der Waals surface area (Å²) in [6, 6.07) is 7.31. The van der Waals surface area contributed by atoms with Crippen molar-refractivity contribution in [2.24, 2.45) is 5.92 Å². The van der Waals surface area contributed by atoms with E-state index >= 15 is 0 Å². The second-order valence-corrected chi connectivity index (χ2v) is 9.13. The largest absolute Gasteiger partial charge is 0.494 e. The minimum absolute atomic E-state index is 0.0355. The summed E-state index contributed by atoms with van der Waals surface area (Å²) in [7, 11) is 0. The van der Waals surface area contributed by atoms with Crippen LogP contribution in [0.5, 0.6) is 5.75 Å². The lowest BCUT2D eigenvalue weighted by atomic mass is 9.87. The molecule has 0 spiro atoms. The van der Waals surface area contributed by atoms with Gasteiger partial charge in [-0.2, -0.15) is 0 Å². The van der Waals surface area contributed by atoms with Crippen molar-refractivity contribution in [3.05, 3.63) is 58.2 Å². The van der Waals surface area contributed by atoms with Crippen LogP contribution in [-0.4, -0.2) is 69.3 Å². The number of hydrogen-bond donors (Lipinski definition) is 0. The van der Waals surface area contributed by atoms with Crippen LogP contribution < -0.4 is 4.74 Å². The number of amides is 2. The van der Waals surface area contributed by atoms with Gasteiger partial charge >= 0.3 is 5.69 Å². The van der Waals surface area contributed by atoms with E-state index in [4.69, 9.17) is 4.74 Å². The average Bonchev–Trinajstić information content (AvgIpc) is 2.89. The molecule has 1 aliphatic heterocycles. The molecule has 0 bridgehead atoms. The van der Waals surface area contributed by atoms with Gasteiger partial charge in [0.2, 0.25) is 5.91 Å². The fraction of sp³-hybridized carbons (Fsp3) is 0.520. The third kappa shape index (κ3) is 6.74. The zero-order valence-corrected chi connectivity index (χ0v) is 19.8. The van der Waals surface area contributed by atoms with Gasteiger partial charge in [-0.1, -0.05) is 38.2 Å². The minimum atomic E-state index is -0.582. The number of piperazine rings is 1. The lowest BCUT2D eigenvalue weighted by Gasteiger charge is -2.34. The molecule has 0 radical (unpaired) electrons. The molecule has 10 nitrogen and oxygen atoms in total. The Balaban J connectivity index is 1.24. The molecule has 10 heteroatoms.